The van der Waals surface area contributed by atoms with E-state index in [2.05, 4.69) is 0 Å². The smallest absolute Gasteiger partial charge is 0.339 e. The van der Waals surface area contributed by atoms with Crippen LogP contribution in [0.15, 0.2) is 0 Å². The van der Waals surface area contributed by atoms with Crippen LogP contribution < -0.4 is 0 Å². The van der Waals surface area contributed by atoms with Crippen LogP contribution in [0.1, 0.15) is 6.42 Å². The highest BCUT2D eigenvalue weighted by molar-refractivity contribution is 7.52. The summed E-state index contributed by atoms with van der Waals surface area (Å²) < 4.78 is 33.0. The topological polar surface area (TPSA) is 199 Å². The largest absolute Gasteiger partial charge is 0.396 e. The summed E-state index contributed by atoms with van der Waals surface area (Å²) in [6.45, 7) is -0.416. The lowest BCUT2D eigenvalue weighted by molar-refractivity contribution is 0.203. The van der Waals surface area contributed by atoms with E-state index in [0.29, 0.717) is 0 Å². The van der Waals surface area contributed by atoms with Crippen molar-refractivity contribution in [3.05, 3.63) is 0 Å². The van der Waals surface area contributed by atoms with Crippen molar-refractivity contribution in [3.63, 3.8) is 0 Å². The fourth-order valence-corrected chi connectivity index (χ4v) is 4.28. The van der Waals surface area contributed by atoms with E-state index < -0.39 is 41.6 Å². The molecule has 0 aromatic carbocycles. The van der Waals surface area contributed by atoms with Gasteiger partial charge in [-0.1, -0.05) is 0 Å². The zero-order chi connectivity index (χ0) is 18.3. The molecule has 0 radical (unpaired) electrons. The summed E-state index contributed by atoms with van der Waals surface area (Å²) in [5.74, 6) is 0. The molecule has 0 bridgehead atoms. The first-order chi connectivity index (χ1) is 10.2. The molecule has 0 amide bonds. The van der Waals surface area contributed by atoms with Gasteiger partial charge in [0.25, 0.3) is 0 Å². The maximum Gasteiger partial charge on any atom is 0.339 e. The molecule has 23 heavy (non-hydrogen) atoms. The monoisotopic (exact) mass is 400 g/mol. The average molecular weight is 400 g/mol. The van der Waals surface area contributed by atoms with Crippen LogP contribution in [0.4, 0.5) is 0 Å². The Bertz CT molecular complexity index is 460. The summed E-state index contributed by atoms with van der Waals surface area (Å²) in [4.78, 5) is 55.7. The molecule has 0 aliphatic rings. The second kappa shape index (κ2) is 9.72. The summed E-state index contributed by atoms with van der Waals surface area (Å²) >= 11 is 0. The molecule has 0 saturated carbocycles. The molecule has 0 spiro atoms. The van der Waals surface area contributed by atoms with E-state index >= 15 is 0 Å². The number of aliphatic hydroxyl groups excluding tert-OH is 1. The van der Waals surface area contributed by atoms with Gasteiger partial charge in [-0.15, -0.1) is 0 Å². The van der Waals surface area contributed by atoms with E-state index in [1.54, 1.807) is 0 Å². The Kier molecular flexibility index (Phi) is 9.86. The molecule has 0 aliphatic carbocycles. The number of aliphatic hydroxyl groups is 1. The average Bonchev–Trinajstić information content (AvgIpc) is 2.26. The van der Waals surface area contributed by atoms with Crippen molar-refractivity contribution in [2.75, 3.05) is 45.1 Å². The Hall–Kier alpha value is 0.330. The zero-order valence-electron chi connectivity index (χ0n) is 12.2. The standard InChI is InChI=1S/C8H23N2O10P3/c11-5-1-2-9(6-21(12,13)14)3-4-10(7-22(15,16)17)8-23(18,19)20/h11H,1-8H2,(H2,12,13,14)(H2,15,16,17)(H2,18,19,20). The molecule has 15 heteroatoms. The lowest BCUT2D eigenvalue weighted by Gasteiger charge is -2.27. The second-order valence-corrected chi connectivity index (χ2v) is 9.84. The van der Waals surface area contributed by atoms with Crippen LogP contribution in [0.2, 0.25) is 0 Å². The summed E-state index contributed by atoms with van der Waals surface area (Å²) in [5, 5.41) is 8.76. The minimum Gasteiger partial charge on any atom is -0.396 e. The molecular weight excluding hydrogens is 377 g/mol. The Morgan fingerprint density at radius 2 is 0.957 bits per heavy atom. The highest BCUT2D eigenvalue weighted by Crippen LogP contribution is 2.41. The number of rotatable bonds is 12. The van der Waals surface area contributed by atoms with Crippen molar-refractivity contribution in [1.82, 2.24) is 9.80 Å². The highest BCUT2D eigenvalue weighted by atomic mass is 31.2. The molecule has 7 N–H and O–H groups in total. The molecule has 140 valence electrons. The molecule has 0 fully saturated rings. The number of nitrogens with zero attached hydrogens (tertiary/aromatic N) is 2. The lowest BCUT2D eigenvalue weighted by Crippen LogP contribution is -2.37. The summed E-state index contributed by atoms with van der Waals surface area (Å²) in [6.07, 6.45) is -2.19. The third kappa shape index (κ3) is 15.6. The molecule has 0 unspecified atom stereocenters. The van der Waals surface area contributed by atoms with Gasteiger partial charge in [0, 0.05) is 26.2 Å². The minimum absolute atomic E-state index is 0.0922. The minimum atomic E-state index is -4.56. The third-order valence-electron chi connectivity index (χ3n) is 2.52. The Labute approximate surface area is 133 Å². The predicted molar refractivity (Wildman–Crippen MR) is 80.7 cm³/mol. The Morgan fingerprint density at radius 3 is 1.30 bits per heavy atom. The highest BCUT2D eigenvalue weighted by Gasteiger charge is 2.27. The normalized spacial score (nSPS) is 14.0. The van der Waals surface area contributed by atoms with Gasteiger partial charge in [0.15, 0.2) is 0 Å². The van der Waals surface area contributed by atoms with Crippen LogP contribution in [0.3, 0.4) is 0 Å². The molecule has 0 aromatic rings. The molecule has 0 aliphatic heterocycles. The van der Waals surface area contributed by atoms with E-state index in [4.69, 9.17) is 34.5 Å². The third-order valence-corrected chi connectivity index (χ3v) is 4.82. The molecule has 0 aromatic heterocycles. The van der Waals surface area contributed by atoms with Crippen LogP contribution in [0.25, 0.3) is 0 Å². The van der Waals surface area contributed by atoms with E-state index in [0.717, 1.165) is 4.90 Å². The van der Waals surface area contributed by atoms with E-state index in [1.807, 2.05) is 0 Å². The molecular formula is C8H23N2O10P3. The summed E-state index contributed by atoms with van der Waals surface area (Å²) in [5.41, 5.74) is 0. The second-order valence-electron chi connectivity index (χ2n) is 5.01. The number of hydrogen-bond donors (Lipinski definition) is 7. The van der Waals surface area contributed by atoms with Crippen molar-refractivity contribution in [3.8, 4) is 0 Å². The lowest BCUT2D eigenvalue weighted by atomic mass is 10.4. The Morgan fingerprint density at radius 1 is 0.609 bits per heavy atom. The first-order valence-corrected chi connectivity index (χ1v) is 11.8. The van der Waals surface area contributed by atoms with Gasteiger partial charge in [0.2, 0.25) is 0 Å². The molecule has 0 atom stereocenters. The van der Waals surface area contributed by atoms with Crippen molar-refractivity contribution < 1.29 is 48.2 Å². The molecule has 0 heterocycles. The van der Waals surface area contributed by atoms with Crippen LogP contribution in [0.5, 0.6) is 0 Å². The fourth-order valence-electron chi connectivity index (χ4n) is 1.80. The van der Waals surface area contributed by atoms with Crippen molar-refractivity contribution >= 4 is 22.8 Å². The van der Waals surface area contributed by atoms with Gasteiger partial charge in [-0.05, 0) is 6.42 Å². The van der Waals surface area contributed by atoms with Gasteiger partial charge in [0.05, 0.1) is 0 Å². The maximum atomic E-state index is 11.0. The summed E-state index contributed by atoms with van der Waals surface area (Å²) in [6, 6.07) is 0. The van der Waals surface area contributed by atoms with E-state index in [9.17, 15) is 13.7 Å². The maximum absolute atomic E-state index is 11.0. The first kappa shape index (κ1) is 23.3. The van der Waals surface area contributed by atoms with Gasteiger partial charge in [0.1, 0.15) is 18.9 Å². The van der Waals surface area contributed by atoms with E-state index in [1.165, 1.54) is 4.90 Å². The summed E-state index contributed by atoms with van der Waals surface area (Å²) in [7, 11) is -13.5. The fraction of sp³-hybridized carbons (Fsp3) is 1.00. The molecule has 0 rings (SSSR count). The van der Waals surface area contributed by atoms with Gasteiger partial charge >= 0.3 is 22.8 Å². The molecule has 12 nitrogen and oxygen atoms in total. The van der Waals surface area contributed by atoms with Crippen molar-refractivity contribution in [2.24, 2.45) is 0 Å². The van der Waals surface area contributed by atoms with E-state index in [-0.39, 0.29) is 32.7 Å². The van der Waals surface area contributed by atoms with Crippen LogP contribution in [-0.4, -0.2) is 89.4 Å². The SMILES string of the molecule is O=P(O)(O)CN(CCCO)CCN(CP(=O)(O)O)CP(=O)(O)O. The van der Waals surface area contributed by atoms with Crippen LogP contribution in [0, 0.1) is 0 Å². The Balaban J connectivity index is 4.82. The quantitative estimate of drug-likeness (QED) is 0.185. The zero-order valence-corrected chi connectivity index (χ0v) is 14.9. The van der Waals surface area contributed by atoms with Gasteiger partial charge in [-0.2, -0.15) is 0 Å². The van der Waals surface area contributed by atoms with Crippen molar-refractivity contribution in [1.29, 1.82) is 0 Å². The van der Waals surface area contributed by atoms with Gasteiger partial charge < -0.3 is 34.5 Å². The van der Waals surface area contributed by atoms with Crippen LogP contribution >= 0.6 is 22.8 Å². The predicted octanol–water partition coefficient (Wildman–Crippen LogP) is -1.62. The van der Waals surface area contributed by atoms with Gasteiger partial charge in [-0.3, -0.25) is 23.5 Å². The number of hydrogen-bond acceptors (Lipinski definition) is 6. The first-order valence-electron chi connectivity index (χ1n) is 6.41. The van der Waals surface area contributed by atoms with Gasteiger partial charge in [-0.25, -0.2) is 0 Å². The van der Waals surface area contributed by atoms with Crippen LogP contribution in [-0.2, 0) is 13.7 Å². The molecule has 0 saturated heterocycles. The van der Waals surface area contributed by atoms with Crippen molar-refractivity contribution in [2.45, 2.75) is 6.42 Å².